The number of nitrogens with zero attached hydrogens (tertiary/aromatic N) is 3. The number of furan rings is 1. The molecule has 1 atom stereocenters. The predicted octanol–water partition coefficient (Wildman–Crippen LogP) is 5.38. The molecule has 4 aromatic rings. The Kier molecular flexibility index (Phi) is 7.36. The number of carbonyl (C=O) groups is 1. The second kappa shape index (κ2) is 10.6. The van der Waals surface area contributed by atoms with Crippen LogP contribution >= 0.6 is 23.4 Å². The van der Waals surface area contributed by atoms with Crippen LogP contribution in [0.5, 0.6) is 5.75 Å². The van der Waals surface area contributed by atoms with E-state index in [1.165, 1.54) is 11.8 Å². The third kappa shape index (κ3) is 5.58. The molecule has 33 heavy (non-hydrogen) atoms. The van der Waals surface area contributed by atoms with Gasteiger partial charge in [0, 0.05) is 16.3 Å². The number of ether oxygens (including phenoxy) is 1. The molecule has 0 aliphatic carbocycles. The number of amides is 1. The van der Waals surface area contributed by atoms with Crippen molar-refractivity contribution in [1.82, 2.24) is 20.1 Å². The summed E-state index contributed by atoms with van der Waals surface area (Å²) in [6, 6.07) is 18.7. The van der Waals surface area contributed by atoms with Crippen LogP contribution in [0.2, 0.25) is 5.02 Å². The fourth-order valence-electron chi connectivity index (χ4n) is 3.19. The molecule has 1 N–H and O–H groups in total. The molecule has 0 bridgehead atoms. The lowest BCUT2D eigenvalue weighted by Crippen LogP contribution is -2.30. The van der Waals surface area contributed by atoms with Gasteiger partial charge in [-0.05, 0) is 62.4 Å². The van der Waals surface area contributed by atoms with Gasteiger partial charge in [-0.3, -0.25) is 9.36 Å². The van der Waals surface area contributed by atoms with Gasteiger partial charge in [0.15, 0.2) is 11.0 Å². The first-order chi connectivity index (χ1) is 16.0. The molecule has 7 nitrogen and oxygen atoms in total. The zero-order valence-corrected chi connectivity index (χ0v) is 19.8. The molecule has 0 saturated carbocycles. The van der Waals surface area contributed by atoms with Gasteiger partial charge in [-0.1, -0.05) is 35.5 Å². The fraction of sp³-hybridized carbons (Fsp3) is 0.208. The van der Waals surface area contributed by atoms with Crippen molar-refractivity contribution in [2.75, 3.05) is 6.61 Å². The van der Waals surface area contributed by atoms with E-state index in [2.05, 4.69) is 15.5 Å². The number of carbonyl (C=O) groups excluding carboxylic acids is 1. The largest absolute Gasteiger partial charge is 0.494 e. The predicted molar refractivity (Wildman–Crippen MR) is 129 cm³/mol. The normalized spacial score (nSPS) is 11.8. The molecule has 0 fully saturated rings. The highest BCUT2D eigenvalue weighted by Gasteiger charge is 2.22. The molecule has 0 spiro atoms. The Hall–Kier alpha value is -3.23. The SMILES string of the molecule is CCOc1ccc(-n2c(SC(C)C(=O)NCc3ccco3)nnc2-c2cccc(Cl)c2)cc1. The van der Waals surface area contributed by atoms with Gasteiger partial charge in [0.1, 0.15) is 11.5 Å². The van der Waals surface area contributed by atoms with Gasteiger partial charge < -0.3 is 14.5 Å². The zero-order chi connectivity index (χ0) is 23.2. The summed E-state index contributed by atoms with van der Waals surface area (Å²) in [4.78, 5) is 12.7. The average Bonchev–Trinajstić information content (AvgIpc) is 3.48. The van der Waals surface area contributed by atoms with E-state index >= 15 is 0 Å². The standard InChI is InChI=1S/C24H23ClN4O3S/c1-3-31-20-11-9-19(10-12-20)29-22(17-6-4-7-18(25)14-17)27-28-24(29)33-16(2)23(30)26-15-21-8-5-13-32-21/h4-14,16H,3,15H2,1-2H3,(H,26,30). The van der Waals surface area contributed by atoms with E-state index < -0.39 is 5.25 Å². The quantitative estimate of drug-likeness (QED) is 0.323. The van der Waals surface area contributed by atoms with Crippen molar-refractivity contribution in [3.8, 4) is 22.8 Å². The minimum atomic E-state index is -0.405. The van der Waals surface area contributed by atoms with Gasteiger partial charge in [-0.25, -0.2) is 0 Å². The van der Waals surface area contributed by atoms with Crippen LogP contribution in [0.15, 0.2) is 76.5 Å². The van der Waals surface area contributed by atoms with Crippen LogP contribution in [-0.2, 0) is 11.3 Å². The molecular formula is C24H23ClN4O3S. The van der Waals surface area contributed by atoms with E-state index in [-0.39, 0.29) is 5.91 Å². The van der Waals surface area contributed by atoms with E-state index in [1.54, 1.807) is 12.3 Å². The minimum Gasteiger partial charge on any atom is -0.494 e. The molecule has 1 amide bonds. The maximum absolute atomic E-state index is 12.7. The lowest BCUT2D eigenvalue weighted by atomic mass is 10.2. The Morgan fingerprint density at radius 3 is 2.70 bits per heavy atom. The summed E-state index contributed by atoms with van der Waals surface area (Å²) < 4.78 is 12.8. The Bertz CT molecular complexity index is 1210. The number of nitrogens with one attached hydrogen (secondary N) is 1. The molecule has 4 rings (SSSR count). The van der Waals surface area contributed by atoms with Crippen molar-refractivity contribution in [3.63, 3.8) is 0 Å². The molecule has 2 aromatic heterocycles. The van der Waals surface area contributed by atoms with E-state index in [0.29, 0.717) is 34.9 Å². The maximum atomic E-state index is 12.7. The van der Waals surface area contributed by atoms with Crippen LogP contribution in [0.25, 0.3) is 17.1 Å². The first kappa shape index (κ1) is 22.9. The van der Waals surface area contributed by atoms with Crippen molar-refractivity contribution in [3.05, 3.63) is 77.7 Å². The molecule has 9 heteroatoms. The van der Waals surface area contributed by atoms with Gasteiger partial charge in [0.05, 0.1) is 24.7 Å². The lowest BCUT2D eigenvalue weighted by Gasteiger charge is -2.14. The van der Waals surface area contributed by atoms with E-state index in [1.807, 2.05) is 73.0 Å². The summed E-state index contributed by atoms with van der Waals surface area (Å²) in [5.74, 6) is 1.98. The smallest absolute Gasteiger partial charge is 0.233 e. The Balaban J connectivity index is 1.62. The third-order valence-corrected chi connectivity index (χ3v) is 6.07. The first-order valence-corrected chi connectivity index (χ1v) is 11.7. The van der Waals surface area contributed by atoms with Crippen LogP contribution in [0, 0.1) is 0 Å². The molecule has 2 aromatic carbocycles. The number of rotatable bonds is 9. The third-order valence-electron chi connectivity index (χ3n) is 4.79. The molecule has 2 heterocycles. The van der Waals surface area contributed by atoms with Crippen LogP contribution in [0.4, 0.5) is 0 Å². The molecule has 170 valence electrons. The topological polar surface area (TPSA) is 82.2 Å². The summed E-state index contributed by atoms with van der Waals surface area (Å²) in [6.07, 6.45) is 1.58. The lowest BCUT2D eigenvalue weighted by molar-refractivity contribution is -0.120. The highest BCUT2D eigenvalue weighted by molar-refractivity contribution is 8.00. The summed E-state index contributed by atoms with van der Waals surface area (Å²) in [6.45, 7) is 4.69. The Morgan fingerprint density at radius 1 is 1.18 bits per heavy atom. The summed E-state index contributed by atoms with van der Waals surface area (Å²) in [5, 5.41) is 12.5. The van der Waals surface area contributed by atoms with E-state index in [4.69, 9.17) is 20.8 Å². The van der Waals surface area contributed by atoms with Gasteiger partial charge in [-0.15, -0.1) is 10.2 Å². The second-order valence-corrected chi connectivity index (χ2v) is 8.88. The van der Waals surface area contributed by atoms with Crippen LogP contribution < -0.4 is 10.1 Å². The maximum Gasteiger partial charge on any atom is 0.233 e. The highest BCUT2D eigenvalue weighted by atomic mass is 35.5. The molecular weight excluding hydrogens is 460 g/mol. The summed E-state index contributed by atoms with van der Waals surface area (Å²) in [7, 11) is 0. The second-order valence-electron chi connectivity index (χ2n) is 7.14. The molecule has 0 radical (unpaired) electrons. The first-order valence-electron chi connectivity index (χ1n) is 10.5. The highest BCUT2D eigenvalue weighted by Crippen LogP contribution is 2.31. The molecule has 0 saturated heterocycles. The van der Waals surface area contributed by atoms with E-state index in [0.717, 1.165) is 17.0 Å². The molecule has 0 aliphatic rings. The number of benzene rings is 2. The van der Waals surface area contributed by atoms with Crippen molar-refractivity contribution in [2.24, 2.45) is 0 Å². The number of hydrogen-bond donors (Lipinski definition) is 1. The number of thioether (sulfide) groups is 1. The van der Waals surface area contributed by atoms with Gasteiger partial charge >= 0.3 is 0 Å². The summed E-state index contributed by atoms with van der Waals surface area (Å²) >= 11 is 7.55. The number of aromatic nitrogens is 3. The molecule has 0 aliphatic heterocycles. The van der Waals surface area contributed by atoms with Crippen molar-refractivity contribution in [1.29, 1.82) is 0 Å². The van der Waals surface area contributed by atoms with Gasteiger partial charge in [0.25, 0.3) is 0 Å². The minimum absolute atomic E-state index is 0.123. The Morgan fingerprint density at radius 2 is 2.00 bits per heavy atom. The summed E-state index contributed by atoms with van der Waals surface area (Å²) in [5.41, 5.74) is 1.68. The van der Waals surface area contributed by atoms with Crippen LogP contribution in [0.1, 0.15) is 19.6 Å². The monoisotopic (exact) mass is 482 g/mol. The average molecular weight is 483 g/mol. The zero-order valence-electron chi connectivity index (χ0n) is 18.2. The number of halogens is 1. The van der Waals surface area contributed by atoms with Crippen LogP contribution in [-0.4, -0.2) is 32.5 Å². The number of hydrogen-bond acceptors (Lipinski definition) is 6. The van der Waals surface area contributed by atoms with Crippen molar-refractivity contribution in [2.45, 2.75) is 30.8 Å². The Labute approximate surface area is 201 Å². The van der Waals surface area contributed by atoms with Crippen LogP contribution in [0.3, 0.4) is 0 Å². The molecule has 1 unspecified atom stereocenters. The van der Waals surface area contributed by atoms with Gasteiger partial charge in [0.2, 0.25) is 5.91 Å². The van der Waals surface area contributed by atoms with E-state index in [9.17, 15) is 4.79 Å². The van der Waals surface area contributed by atoms with Crippen molar-refractivity contribution < 1.29 is 13.9 Å². The van der Waals surface area contributed by atoms with Crippen molar-refractivity contribution >= 4 is 29.3 Å². The fourth-order valence-corrected chi connectivity index (χ4v) is 4.28. The van der Waals surface area contributed by atoms with Gasteiger partial charge in [-0.2, -0.15) is 0 Å².